The van der Waals surface area contributed by atoms with Crippen LogP contribution in [-0.2, 0) is 4.74 Å². The lowest BCUT2D eigenvalue weighted by molar-refractivity contribution is 0.0410. The lowest BCUT2D eigenvalue weighted by Gasteiger charge is -2.26. The van der Waals surface area contributed by atoms with Gasteiger partial charge in [-0.05, 0) is 0 Å². The van der Waals surface area contributed by atoms with Crippen molar-refractivity contribution in [3.05, 3.63) is 11.8 Å². The van der Waals surface area contributed by atoms with E-state index in [9.17, 15) is 0 Å². The summed E-state index contributed by atoms with van der Waals surface area (Å²) in [6.45, 7) is 4.57. The van der Waals surface area contributed by atoms with Gasteiger partial charge in [-0.3, -0.25) is 4.90 Å². The van der Waals surface area contributed by atoms with Crippen LogP contribution in [0, 0.1) is 11.3 Å². The van der Waals surface area contributed by atoms with Crippen molar-refractivity contribution in [3.8, 4) is 6.07 Å². The van der Waals surface area contributed by atoms with E-state index in [2.05, 4.69) is 14.9 Å². The van der Waals surface area contributed by atoms with Gasteiger partial charge in [0.05, 0.1) is 19.4 Å². The molecule has 0 saturated carbocycles. The molecule has 0 amide bonds. The summed E-state index contributed by atoms with van der Waals surface area (Å²) in [5, 5.41) is 9.35. The molecule has 1 fully saturated rings. The molecule has 7 heteroatoms. The monoisotopic (exact) mass is 265 g/mol. The molecular weight excluding hydrogens is 250 g/mol. The SMILES string of the molecule is N#Cc1cnc(SCCN2CCOCC2)nc1N. The molecule has 0 atom stereocenters. The molecule has 0 aliphatic carbocycles. The van der Waals surface area contributed by atoms with Gasteiger partial charge in [-0.2, -0.15) is 5.26 Å². The van der Waals surface area contributed by atoms with Crippen LogP contribution < -0.4 is 5.73 Å². The number of anilines is 1. The summed E-state index contributed by atoms with van der Waals surface area (Å²) in [5.74, 6) is 1.16. The smallest absolute Gasteiger partial charge is 0.189 e. The first-order chi connectivity index (χ1) is 8.79. The molecular formula is C11H15N5OS. The van der Waals surface area contributed by atoms with Crippen LogP contribution in [-0.4, -0.2) is 53.5 Å². The maximum absolute atomic E-state index is 8.72. The quantitative estimate of drug-likeness (QED) is 0.621. The summed E-state index contributed by atoms with van der Waals surface area (Å²) in [5.41, 5.74) is 5.96. The van der Waals surface area contributed by atoms with Gasteiger partial charge in [0.25, 0.3) is 0 Å². The number of ether oxygens (including phenoxy) is 1. The van der Waals surface area contributed by atoms with Crippen molar-refractivity contribution in [1.82, 2.24) is 14.9 Å². The Labute approximate surface area is 110 Å². The first-order valence-corrected chi connectivity index (χ1v) is 6.73. The molecule has 18 heavy (non-hydrogen) atoms. The molecule has 6 nitrogen and oxygen atoms in total. The molecule has 1 aliphatic rings. The summed E-state index contributed by atoms with van der Waals surface area (Å²) < 4.78 is 5.29. The largest absolute Gasteiger partial charge is 0.382 e. The van der Waals surface area contributed by atoms with Crippen molar-refractivity contribution >= 4 is 17.6 Å². The Hall–Kier alpha value is -1.36. The van der Waals surface area contributed by atoms with E-state index in [0.29, 0.717) is 10.7 Å². The molecule has 0 unspecified atom stereocenters. The second-order valence-electron chi connectivity index (χ2n) is 3.87. The molecule has 1 aromatic rings. The van der Waals surface area contributed by atoms with Crippen LogP contribution in [0.4, 0.5) is 5.82 Å². The maximum Gasteiger partial charge on any atom is 0.189 e. The molecule has 0 bridgehead atoms. The van der Waals surface area contributed by atoms with Crippen molar-refractivity contribution in [2.75, 3.05) is 44.3 Å². The fourth-order valence-corrected chi connectivity index (χ4v) is 2.45. The predicted octanol–water partition coefficient (Wildman–Crippen LogP) is 0.355. The Bertz CT molecular complexity index is 442. The highest BCUT2D eigenvalue weighted by Gasteiger charge is 2.10. The average molecular weight is 265 g/mol. The van der Waals surface area contributed by atoms with Crippen LogP contribution in [0.25, 0.3) is 0 Å². The van der Waals surface area contributed by atoms with Crippen LogP contribution in [0.1, 0.15) is 5.56 Å². The molecule has 96 valence electrons. The lowest BCUT2D eigenvalue weighted by Crippen LogP contribution is -2.37. The van der Waals surface area contributed by atoms with Crippen LogP contribution in [0.3, 0.4) is 0 Å². The number of rotatable bonds is 4. The minimum atomic E-state index is 0.251. The molecule has 2 N–H and O–H groups in total. The Morgan fingerprint density at radius 2 is 2.28 bits per heavy atom. The predicted molar refractivity (Wildman–Crippen MR) is 69.1 cm³/mol. The van der Waals surface area contributed by atoms with Crippen molar-refractivity contribution in [2.45, 2.75) is 5.16 Å². The van der Waals surface area contributed by atoms with E-state index in [0.717, 1.165) is 38.6 Å². The van der Waals surface area contributed by atoms with Crippen molar-refractivity contribution in [3.63, 3.8) is 0 Å². The van der Waals surface area contributed by atoms with Crippen LogP contribution in [0.2, 0.25) is 0 Å². The van der Waals surface area contributed by atoms with Gasteiger partial charge < -0.3 is 10.5 Å². The number of nitrogen functional groups attached to an aromatic ring is 1. The van der Waals surface area contributed by atoms with E-state index in [4.69, 9.17) is 15.7 Å². The van der Waals surface area contributed by atoms with E-state index in [-0.39, 0.29) is 5.82 Å². The molecule has 2 rings (SSSR count). The number of thioether (sulfide) groups is 1. The average Bonchev–Trinajstić information content (AvgIpc) is 2.40. The third kappa shape index (κ3) is 3.57. The number of nitrogens with zero attached hydrogens (tertiary/aromatic N) is 4. The number of hydrogen-bond acceptors (Lipinski definition) is 7. The summed E-state index contributed by atoms with van der Waals surface area (Å²) >= 11 is 1.55. The minimum Gasteiger partial charge on any atom is -0.382 e. The summed E-state index contributed by atoms with van der Waals surface area (Å²) in [6.07, 6.45) is 1.47. The number of nitrogens with two attached hydrogens (primary N) is 1. The zero-order chi connectivity index (χ0) is 12.8. The van der Waals surface area contributed by atoms with E-state index in [1.165, 1.54) is 6.20 Å². The van der Waals surface area contributed by atoms with E-state index < -0.39 is 0 Å². The van der Waals surface area contributed by atoms with Gasteiger partial charge in [0.2, 0.25) is 0 Å². The van der Waals surface area contributed by atoms with Crippen LogP contribution >= 0.6 is 11.8 Å². The number of hydrogen-bond donors (Lipinski definition) is 1. The molecule has 0 aromatic carbocycles. The summed E-state index contributed by atoms with van der Waals surface area (Å²) in [6, 6.07) is 1.95. The molecule has 1 aromatic heterocycles. The number of nitriles is 1. The maximum atomic E-state index is 8.72. The van der Waals surface area contributed by atoms with E-state index in [1.807, 2.05) is 6.07 Å². The fourth-order valence-electron chi connectivity index (χ4n) is 1.62. The summed E-state index contributed by atoms with van der Waals surface area (Å²) in [4.78, 5) is 10.5. The number of aromatic nitrogens is 2. The Balaban J connectivity index is 1.79. The summed E-state index contributed by atoms with van der Waals surface area (Å²) in [7, 11) is 0. The third-order valence-electron chi connectivity index (χ3n) is 2.66. The van der Waals surface area contributed by atoms with E-state index in [1.54, 1.807) is 11.8 Å². The van der Waals surface area contributed by atoms with E-state index >= 15 is 0 Å². The second-order valence-corrected chi connectivity index (χ2v) is 4.93. The zero-order valence-corrected chi connectivity index (χ0v) is 10.8. The first-order valence-electron chi connectivity index (χ1n) is 5.75. The van der Waals surface area contributed by atoms with Crippen LogP contribution in [0.15, 0.2) is 11.4 Å². The Kier molecular flexibility index (Phi) is 4.75. The lowest BCUT2D eigenvalue weighted by atomic mass is 10.3. The normalized spacial score (nSPS) is 16.4. The third-order valence-corrected chi connectivity index (χ3v) is 3.50. The van der Waals surface area contributed by atoms with Gasteiger partial charge in [0.1, 0.15) is 17.5 Å². The zero-order valence-electron chi connectivity index (χ0n) is 10.0. The standard InChI is InChI=1S/C11H15N5OS/c12-7-9-8-14-11(15-10(9)13)18-6-3-16-1-4-17-5-2-16/h8H,1-6H2,(H2,13,14,15). The minimum absolute atomic E-state index is 0.251. The van der Waals surface area contributed by atoms with Crippen molar-refractivity contribution in [1.29, 1.82) is 5.26 Å². The highest BCUT2D eigenvalue weighted by Crippen LogP contribution is 2.16. The fraction of sp³-hybridized carbons (Fsp3) is 0.545. The molecule has 1 aliphatic heterocycles. The van der Waals surface area contributed by atoms with Crippen LogP contribution in [0.5, 0.6) is 0 Å². The molecule has 2 heterocycles. The Morgan fingerprint density at radius 3 is 2.94 bits per heavy atom. The van der Waals surface area contributed by atoms with Gasteiger partial charge in [-0.25, -0.2) is 9.97 Å². The number of morpholine rings is 1. The van der Waals surface area contributed by atoms with Gasteiger partial charge in [0.15, 0.2) is 5.16 Å². The van der Waals surface area contributed by atoms with Crippen molar-refractivity contribution < 1.29 is 4.74 Å². The van der Waals surface area contributed by atoms with Gasteiger partial charge >= 0.3 is 0 Å². The molecule has 1 saturated heterocycles. The van der Waals surface area contributed by atoms with Gasteiger partial charge in [0, 0.05) is 25.4 Å². The molecule has 0 spiro atoms. The highest BCUT2D eigenvalue weighted by atomic mass is 32.2. The second kappa shape index (κ2) is 6.54. The Morgan fingerprint density at radius 1 is 1.50 bits per heavy atom. The van der Waals surface area contributed by atoms with Gasteiger partial charge in [-0.1, -0.05) is 11.8 Å². The van der Waals surface area contributed by atoms with Crippen molar-refractivity contribution in [2.24, 2.45) is 0 Å². The topological polar surface area (TPSA) is 88.1 Å². The van der Waals surface area contributed by atoms with Gasteiger partial charge in [-0.15, -0.1) is 0 Å². The highest BCUT2D eigenvalue weighted by molar-refractivity contribution is 7.99. The molecule has 0 radical (unpaired) electrons. The first kappa shape index (κ1) is 13.1.